The first-order chi connectivity index (χ1) is 9.12. The van der Waals surface area contributed by atoms with Crippen LogP contribution in [0, 0.1) is 0 Å². The molecule has 1 aromatic rings. The Morgan fingerprint density at radius 2 is 2.05 bits per heavy atom. The quantitative estimate of drug-likeness (QED) is 0.681. The van der Waals surface area contributed by atoms with E-state index >= 15 is 0 Å². The fourth-order valence-corrected chi connectivity index (χ4v) is 1.73. The molecule has 7 nitrogen and oxygen atoms in total. The van der Waals surface area contributed by atoms with Gasteiger partial charge in [0.1, 0.15) is 0 Å². The lowest BCUT2D eigenvalue weighted by molar-refractivity contribution is -0.130. The summed E-state index contributed by atoms with van der Waals surface area (Å²) in [6.45, 7) is 5.93. The highest BCUT2D eigenvalue weighted by atomic mass is 16.5. The molecule has 0 saturated carbocycles. The molecule has 106 valence electrons. The summed E-state index contributed by atoms with van der Waals surface area (Å²) in [6, 6.07) is 0. The zero-order valence-electron chi connectivity index (χ0n) is 11.6. The van der Waals surface area contributed by atoms with E-state index in [1.54, 1.807) is 9.58 Å². The molecule has 1 amide bonds. The number of carbonyl (C=O) groups is 2. The van der Waals surface area contributed by atoms with Gasteiger partial charge in [-0.25, -0.2) is 4.79 Å². The normalized spacial score (nSPS) is 10.3. The number of rotatable bonds is 7. The second kappa shape index (κ2) is 7.50. The third-order valence-corrected chi connectivity index (χ3v) is 2.83. The van der Waals surface area contributed by atoms with Crippen LogP contribution in [0.3, 0.4) is 0 Å². The van der Waals surface area contributed by atoms with E-state index in [0.717, 1.165) is 13.1 Å². The summed E-state index contributed by atoms with van der Waals surface area (Å²) in [6.07, 6.45) is 2.65. The topological polar surface area (TPSA) is 77.3 Å². The van der Waals surface area contributed by atoms with Gasteiger partial charge in [-0.05, 0) is 20.3 Å². The number of hydrogen-bond acceptors (Lipinski definition) is 5. The molecule has 1 heterocycles. The van der Waals surface area contributed by atoms with E-state index < -0.39 is 5.97 Å². The van der Waals surface area contributed by atoms with Gasteiger partial charge < -0.3 is 9.64 Å². The molecular formula is C12H20N4O3. The van der Waals surface area contributed by atoms with E-state index in [1.807, 2.05) is 13.8 Å². The number of hydrogen-bond donors (Lipinski definition) is 0. The van der Waals surface area contributed by atoms with Gasteiger partial charge >= 0.3 is 5.97 Å². The fourth-order valence-electron chi connectivity index (χ4n) is 1.73. The highest BCUT2D eigenvalue weighted by molar-refractivity contribution is 5.86. The molecule has 0 aliphatic rings. The second-order valence-electron chi connectivity index (χ2n) is 4.03. The van der Waals surface area contributed by atoms with E-state index in [1.165, 1.54) is 13.3 Å². The van der Waals surface area contributed by atoms with Gasteiger partial charge in [-0.2, -0.15) is 0 Å². The van der Waals surface area contributed by atoms with E-state index in [0.29, 0.717) is 19.4 Å². The van der Waals surface area contributed by atoms with Crippen LogP contribution in [0.2, 0.25) is 0 Å². The van der Waals surface area contributed by atoms with Gasteiger partial charge in [0, 0.05) is 26.1 Å². The number of methoxy groups -OCH3 is 1. The average Bonchev–Trinajstić information content (AvgIpc) is 2.88. The van der Waals surface area contributed by atoms with Gasteiger partial charge in [-0.3, -0.25) is 9.48 Å². The van der Waals surface area contributed by atoms with Crippen LogP contribution in [0.1, 0.15) is 37.2 Å². The number of aromatic nitrogens is 3. The van der Waals surface area contributed by atoms with Crippen molar-refractivity contribution in [3.8, 4) is 0 Å². The van der Waals surface area contributed by atoms with Gasteiger partial charge in [0.2, 0.25) is 5.91 Å². The number of amides is 1. The summed E-state index contributed by atoms with van der Waals surface area (Å²) in [5.41, 5.74) is 0.178. The summed E-state index contributed by atoms with van der Waals surface area (Å²) >= 11 is 0. The average molecular weight is 268 g/mol. The predicted molar refractivity (Wildman–Crippen MR) is 68.5 cm³/mol. The molecule has 0 radical (unpaired) electrons. The molecule has 0 spiro atoms. The molecule has 0 N–H and O–H groups in total. The van der Waals surface area contributed by atoms with Gasteiger partial charge in [0.05, 0.1) is 13.3 Å². The highest BCUT2D eigenvalue weighted by Crippen LogP contribution is 2.01. The SMILES string of the molecule is CCN(CC)C(=O)CCCn1cc(C(=O)OC)nn1. The van der Waals surface area contributed by atoms with Crippen molar-refractivity contribution >= 4 is 11.9 Å². The van der Waals surface area contributed by atoms with E-state index in [9.17, 15) is 9.59 Å². The molecule has 0 fully saturated rings. The zero-order chi connectivity index (χ0) is 14.3. The van der Waals surface area contributed by atoms with E-state index in [-0.39, 0.29) is 11.6 Å². The maximum absolute atomic E-state index is 11.8. The third kappa shape index (κ3) is 4.35. The molecule has 0 saturated heterocycles. The molecule has 1 aromatic heterocycles. The van der Waals surface area contributed by atoms with Gasteiger partial charge in [0.15, 0.2) is 5.69 Å². The Kier molecular flexibility index (Phi) is 5.98. The van der Waals surface area contributed by atoms with E-state index in [4.69, 9.17) is 0 Å². The lowest BCUT2D eigenvalue weighted by Crippen LogP contribution is -2.30. The van der Waals surface area contributed by atoms with Crippen molar-refractivity contribution in [3.63, 3.8) is 0 Å². The minimum atomic E-state index is -0.509. The molecule has 7 heteroatoms. The lowest BCUT2D eigenvalue weighted by atomic mass is 10.2. The zero-order valence-corrected chi connectivity index (χ0v) is 11.6. The van der Waals surface area contributed by atoms with Crippen molar-refractivity contribution in [2.45, 2.75) is 33.2 Å². The van der Waals surface area contributed by atoms with Crippen LogP contribution >= 0.6 is 0 Å². The van der Waals surface area contributed by atoms with Crippen molar-refractivity contribution in [2.75, 3.05) is 20.2 Å². The monoisotopic (exact) mass is 268 g/mol. The molecule has 0 atom stereocenters. The maximum atomic E-state index is 11.8. The van der Waals surface area contributed by atoms with Crippen molar-refractivity contribution in [1.29, 1.82) is 0 Å². The Balaban J connectivity index is 2.39. The number of carbonyl (C=O) groups excluding carboxylic acids is 2. The highest BCUT2D eigenvalue weighted by Gasteiger charge is 2.12. The fraction of sp³-hybridized carbons (Fsp3) is 0.667. The molecule has 0 bridgehead atoms. The molecule has 0 aliphatic heterocycles. The third-order valence-electron chi connectivity index (χ3n) is 2.83. The van der Waals surface area contributed by atoms with E-state index in [2.05, 4.69) is 15.0 Å². The Morgan fingerprint density at radius 1 is 1.37 bits per heavy atom. The Hall–Kier alpha value is -1.92. The van der Waals surface area contributed by atoms with Crippen molar-refractivity contribution in [1.82, 2.24) is 19.9 Å². The summed E-state index contributed by atoms with van der Waals surface area (Å²) in [4.78, 5) is 24.7. The minimum Gasteiger partial charge on any atom is -0.464 e. The first-order valence-electron chi connectivity index (χ1n) is 6.38. The smallest absolute Gasteiger partial charge is 0.360 e. The van der Waals surface area contributed by atoms with Crippen LogP contribution in [0.5, 0.6) is 0 Å². The van der Waals surface area contributed by atoms with Gasteiger partial charge in [0.25, 0.3) is 0 Å². The lowest BCUT2D eigenvalue weighted by Gasteiger charge is -2.18. The largest absolute Gasteiger partial charge is 0.464 e. The standard InChI is InChI=1S/C12H20N4O3/c1-4-15(5-2)11(17)7-6-8-16-9-10(13-14-16)12(18)19-3/h9H,4-8H2,1-3H3. The van der Waals surface area contributed by atoms with Crippen LogP contribution in [0.15, 0.2) is 6.20 Å². The van der Waals surface area contributed by atoms with Crippen LogP contribution < -0.4 is 0 Å². The molecule has 0 aromatic carbocycles. The summed E-state index contributed by atoms with van der Waals surface area (Å²) < 4.78 is 6.08. The Morgan fingerprint density at radius 3 is 2.63 bits per heavy atom. The minimum absolute atomic E-state index is 0.137. The summed E-state index contributed by atoms with van der Waals surface area (Å²) in [5.74, 6) is -0.372. The van der Waals surface area contributed by atoms with Gasteiger partial charge in [-0.15, -0.1) is 5.10 Å². The summed E-state index contributed by atoms with van der Waals surface area (Å²) in [7, 11) is 1.30. The summed E-state index contributed by atoms with van der Waals surface area (Å²) in [5, 5.41) is 7.50. The van der Waals surface area contributed by atoms with Crippen molar-refractivity contribution in [3.05, 3.63) is 11.9 Å². The van der Waals surface area contributed by atoms with Crippen LogP contribution in [0.4, 0.5) is 0 Å². The van der Waals surface area contributed by atoms with Crippen LogP contribution in [-0.4, -0.2) is 52.0 Å². The van der Waals surface area contributed by atoms with Crippen LogP contribution in [-0.2, 0) is 16.1 Å². The molecule has 0 unspecified atom stereocenters. The van der Waals surface area contributed by atoms with Crippen LogP contribution in [0.25, 0.3) is 0 Å². The molecule has 19 heavy (non-hydrogen) atoms. The second-order valence-corrected chi connectivity index (χ2v) is 4.03. The predicted octanol–water partition coefficient (Wildman–Crippen LogP) is 0.713. The number of esters is 1. The Labute approximate surface area is 112 Å². The number of nitrogens with zero attached hydrogens (tertiary/aromatic N) is 4. The number of ether oxygens (including phenoxy) is 1. The van der Waals surface area contributed by atoms with Crippen molar-refractivity contribution < 1.29 is 14.3 Å². The molecule has 0 aliphatic carbocycles. The maximum Gasteiger partial charge on any atom is 0.360 e. The van der Waals surface area contributed by atoms with Gasteiger partial charge in [-0.1, -0.05) is 5.21 Å². The first-order valence-corrected chi connectivity index (χ1v) is 6.38. The Bertz CT molecular complexity index is 426. The molecular weight excluding hydrogens is 248 g/mol. The number of aryl methyl sites for hydroxylation is 1. The van der Waals surface area contributed by atoms with Crippen molar-refractivity contribution in [2.24, 2.45) is 0 Å². The molecule has 1 rings (SSSR count). The first kappa shape index (κ1) is 15.1.